The van der Waals surface area contributed by atoms with Crippen LogP contribution in [0, 0.1) is 5.41 Å². The molecule has 1 N–H and O–H groups in total. The van der Waals surface area contributed by atoms with E-state index in [2.05, 4.69) is 10.3 Å². The predicted molar refractivity (Wildman–Crippen MR) is 57.3 cm³/mol. The van der Waals surface area contributed by atoms with Gasteiger partial charge in [-0.15, -0.1) is 0 Å². The Morgan fingerprint density at radius 3 is 2.56 bits per heavy atom. The van der Waals surface area contributed by atoms with Crippen molar-refractivity contribution in [2.75, 3.05) is 5.32 Å². The third-order valence-corrected chi connectivity index (χ3v) is 1.97. The molecule has 0 unspecified atom stereocenters. The van der Waals surface area contributed by atoms with Crippen LogP contribution in [-0.4, -0.2) is 10.9 Å². The maximum atomic E-state index is 12.6. The normalized spacial score (nSPS) is 11.6. The molecule has 16 heavy (non-hydrogen) atoms. The smallest absolute Gasteiger partial charge is 0.282 e. The van der Waals surface area contributed by atoms with E-state index in [1.54, 1.807) is 20.8 Å². The Kier molecular flexibility index (Phi) is 3.57. The summed E-state index contributed by atoms with van der Waals surface area (Å²) in [5, 5.41) is 2.45. The summed E-state index contributed by atoms with van der Waals surface area (Å²) >= 11 is 0. The second kappa shape index (κ2) is 4.55. The number of carbonyl (C=O) groups excluding carboxylic acids is 1. The lowest BCUT2D eigenvalue weighted by Crippen LogP contribution is -2.28. The second-order valence-corrected chi connectivity index (χ2v) is 4.44. The van der Waals surface area contributed by atoms with Gasteiger partial charge in [-0.2, -0.15) is 0 Å². The lowest BCUT2D eigenvalue weighted by atomic mass is 9.95. The molecule has 1 amide bonds. The Morgan fingerprint density at radius 1 is 1.44 bits per heavy atom. The van der Waals surface area contributed by atoms with Gasteiger partial charge in [-0.05, 0) is 12.1 Å². The highest BCUT2D eigenvalue weighted by Crippen LogP contribution is 2.26. The molecule has 0 atom stereocenters. The van der Waals surface area contributed by atoms with Crippen molar-refractivity contribution >= 4 is 11.6 Å². The fourth-order valence-electron chi connectivity index (χ4n) is 1.01. The van der Waals surface area contributed by atoms with Gasteiger partial charge in [0, 0.05) is 11.6 Å². The summed E-state index contributed by atoms with van der Waals surface area (Å²) in [6.45, 7) is 5.13. The molecule has 0 saturated carbocycles. The van der Waals surface area contributed by atoms with Crippen LogP contribution in [0.5, 0.6) is 0 Å². The summed E-state index contributed by atoms with van der Waals surface area (Å²) in [4.78, 5) is 15.2. The van der Waals surface area contributed by atoms with Crippen LogP contribution in [0.2, 0.25) is 0 Å². The summed E-state index contributed by atoms with van der Waals surface area (Å²) in [6.07, 6.45) is -1.43. The Bertz CT molecular complexity index is 386. The molecule has 3 nitrogen and oxygen atoms in total. The number of amides is 1. The van der Waals surface area contributed by atoms with E-state index >= 15 is 0 Å². The van der Waals surface area contributed by atoms with Crippen LogP contribution in [0.15, 0.2) is 18.3 Å². The first-order valence-corrected chi connectivity index (χ1v) is 4.87. The number of aromatic nitrogens is 1. The van der Waals surface area contributed by atoms with Gasteiger partial charge >= 0.3 is 0 Å². The lowest BCUT2D eigenvalue weighted by molar-refractivity contribution is -0.123. The standard InChI is InChI=1S/C11H14F2N2O/c1-11(2,3)10(16)15-7-5-4-6-14-8(7)9(12)13/h4-6,9H,1-3H3,(H,15,16). The maximum absolute atomic E-state index is 12.6. The van der Waals surface area contributed by atoms with Gasteiger partial charge in [0.2, 0.25) is 5.91 Å². The molecule has 0 bridgehead atoms. The van der Waals surface area contributed by atoms with Crippen LogP contribution in [0.3, 0.4) is 0 Å². The van der Waals surface area contributed by atoms with Crippen molar-refractivity contribution in [3.05, 3.63) is 24.0 Å². The molecule has 0 aromatic carbocycles. The van der Waals surface area contributed by atoms with E-state index in [1.807, 2.05) is 0 Å². The zero-order valence-electron chi connectivity index (χ0n) is 9.42. The van der Waals surface area contributed by atoms with Crippen molar-refractivity contribution in [2.45, 2.75) is 27.2 Å². The Balaban J connectivity index is 2.94. The van der Waals surface area contributed by atoms with Crippen LogP contribution in [-0.2, 0) is 4.79 Å². The molecule has 0 aliphatic heterocycles. The van der Waals surface area contributed by atoms with E-state index in [9.17, 15) is 13.6 Å². The molecule has 0 fully saturated rings. The zero-order chi connectivity index (χ0) is 12.3. The molecule has 1 rings (SSSR count). The number of anilines is 1. The molecule has 0 aliphatic carbocycles. The van der Waals surface area contributed by atoms with Crippen LogP contribution in [0.1, 0.15) is 32.9 Å². The van der Waals surface area contributed by atoms with E-state index in [4.69, 9.17) is 0 Å². The van der Waals surface area contributed by atoms with Crippen molar-refractivity contribution in [3.8, 4) is 0 Å². The van der Waals surface area contributed by atoms with E-state index < -0.39 is 17.5 Å². The van der Waals surface area contributed by atoms with Crippen molar-refractivity contribution in [3.63, 3.8) is 0 Å². The second-order valence-electron chi connectivity index (χ2n) is 4.44. The topological polar surface area (TPSA) is 42.0 Å². The van der Waals surface area contributed by atoms with Gasteiger partial charge in [0.25, 0.3) is 6.43 Å². The average Bonchev–Trinajstić information content (AvgIpc) is 2.16. The fourth-order valence-corrected chi connectivity index (χ4v) is 1.01. The molecule has 1 heterocycles. The SMILES string of the molecule is CC(C)(C)C(=O)Nc1cccnc1C(F)F. The largest absolute Gasteiger partial charge is 0.324 e. The minimum absolute atomic E-state index is 0.0671. The number of pyridine rings is 1. The van der Waals surface area contributed by atoms with Crippen LogP contribution >= 0.6 is 0 Å². The van der Waals surface area contributed by atoms with Gasteiger partial charge in [-0.3, -0.25) is 9.78 Å². The average molecular weight is 228 g/mol. The summed E-state index contributed by atoms with van der Waals surface area (Å²) in [6, 6.07) is 2.92. The number of carbonyl (C=O) groups is 1. The van der Waals surface area contributed by atoms with E-state index in [0.717, 1.165) is 0 Å². The summed E-state index contributed by atoms with van der Waals surface area (Å²) < 4.78 is 25.1. The molecule has 0 radical (unpaired) electrons. The van der Waals surface area contributed by atoms with Gasteiger partial charge in [-0.1, -0.05) is 20.8 Å². The first kappa shape index (κ1) is 12.5. The first-order valence-electron chi connectivity index (χ1n) is 4.87. The van der Waals surface area contributed by atoms with Gasteiger partial charge in [0.05, 0.1) is 5.69 Å². The summed E-state index contributed by atoms with van der Waals surface area (Å²) in [5.74, 6) is -0.317. The molecular weight excluding hydrogens is 214 g/mol. The van der Waals surface area contributed by atoms with Crippen molar-refractivity contribution in [1.29, 1.82) is 0 Å². The first-order chi connectivity index (χ1) is 7.32. The van der Waals surface area contributed by atoms with Crippen LogP contribution < -0.4 is 5.32 Å². The minimum atomic E-state index is -2.70. The molecule has 0 saturated heterocycles. The fraction of sp³-hybridized carbons (Fsp3) is 0.455. The highest BCUT2D eigenvalue weighted by molar-refractivity contribution is 5.94. The van der Waals surface area contributed by atoms with E-state index in [1.165, 1.54) is 18.3 Å². The van der Waals surface area contributed by atoms with Crippen LogP contribution in [0.4, 0.5) is 14.5 Å². The Labute approximate surface area is 92.9 Å². The predicted octanol–water partition coefficient (Wildman–Crippen LogP) is 3.00. The number of rotatable bonds is 2. The number of hydrogen-bond acceptors (Lipinski definition) is 2. The van der Waals surface area contributed by atoms with E-state index in [-0.39, 0.29) is 11.6 Å². The van der Waals surface area contributed by atoms with Crippen molar-refractivity contribution in [2.24, 2.45) is 5.41 Å². The Hall–Kier alpha value is -1.52. The molecule has 0 aliphatic rings. The monoisotopic (exact) mass is 228 g/mol. The number of nitrogens with zero attached hydrogens (tertiary/aromatic N) is 1. The minimum Gasteiger partial charge on any atom is -0.324 e. The van der Waals surface area contributed by atoms with Crippen LogP contribution in [0.25, 0.3) is 0 Å². The third-order valence-electron chi connectivity index (χ3n) is 1.97. The highest BCUT2D eigenvalue weighted by Gasteiger charge is 2.23. The lowest BCUT2D eigenvalue weighted by Gasteiger charge is -2.18. The molecule has 5 heteroatoms. The number of halogens is 2. The van der Waals surface area contributed by atoms with Gasteiger partial charge < -0.3 is 5.32 Å². The number of nitrogens with one attached hydrogen (secondary N) is 1. The molecule has 1 aromatic heterocycles. The summed E-state index contributed by atoms with van der Waals surface area (Å²) in [7, 11) is 0. The number of hydrogen-bond donors (Lipinski definition) is 1. The molecule has 0 spiro atoms. The van der Waals surface area contributed by atoms with Crippen molar-refractivity contribution in [1.82, 2.24) is 4.98 Å². The molecule has 88 valence electrons. The summed E-state index contributed by atoms with van der Waals surface area (Å²) in [5.41, 5.74) is -0.965. The van der Waals surface area contributed by atoms with Gasteiger partial charge in [0.1, 0.15) is 5.69 Å². The molecular formula is C11H14F2N2O. The zero-order valence-corrected chi connectivity index (χ0v) is 9.42. The quantitative estimate of drug-likeness (QED) is 0.845. The number of alkyl halides is 2. The van der Waals surface area contributed by atoms with Gasteiger partial charge in [-0.25, -0.2) is 8.78 Å². The van der Waals surface area contributed by atoms with Gasteiger partial charge in [0.15, 0.2) is 0 Å². The highest BCUT2D eigenvalue weighted by atomic mass is 19.3. The Morgan fingerprint density at radius 2 is 2.06 bits per heavy atom. The maximum Gasteiger partial charge on any atom is 0.282 e. The van der Waals surface area contributed by atoms with Crippen molar-refractivity contribution < 1.29 is 13.6 Å². The molecule has 1 aromatic rings. The third kappa shape index (κ3) is 2.98. The van der Waals surface area contributed by atoms with E-state index in [0.29, 0.717) is 0 Å².